The number of rotatable bonds is 0. The van der Waals surface area contributed by atoms with Crippen molar-refractivity contribution in [3.05, 3.63) is 0 Å². The van der Waals surface area contributed by atoms with Crippen LogP contribution in [0, 0.1) is 0 Å². The molecule has 1 aliphatic heterocycles. The number of hydrogen-bond acceptors (Lipinski definition) is 3. The topological polar surface area (TPSA) is 9.23 Å². The van der Waals surface area contributed by atoms with E-state index in [0.717, 1.165) is 6.92 Å². The van der Waals surface area contributed by atoms with E-state index in [9.17, 15) is 8.78 Å². The molecule has 1 saturated heterocycles. The Hall–Kier alpha value is 0.100. The van der Waals surface area contributed by atoms with Gasteiger partial charge in [-0.25, -0.2) is 4.39 Å². The van der Waals surface area contributed by atoms with Crippen molar-refractivity contribution in [3.8, 4) is 0 Å². The van der Waals surface area contributed by atoms with Crippen LogP contribution >= 0.6 is 24.0 Å². The van der Waals surface area contributed by atoms with Gasteiger partial charge < -0.3 is 4.74 Å². The monoisotopic (exact) mass is 170 g/mol. The van der Waals surface area contributed by atoms with Crippen LogP contribution in [-0.2, 0) is 4.74 Å². The fraction of sp³-hybridized carbons (Fsp3) is 0.750. The van der Waals surface area contributed by atoms with E-state index >= 15 is 0 Å². The molecule has 0 amide bonds. The molecule has 0 radical (unpaired) electrons. The highest BCUT2D eigenvalue weighted by Crippen LogP contribution is 2.40. The smallest absolute Gasteiger partial charge is 0.283 e. The minimum Gasteiger partial charge on any atom is -0.440 e. The lowest BCUT2D eigenvalue weighted by Crippen LogP contribution is -2.22. The van der Waals surface area contributed by atoms with Crippen molar-refractivity contribution in [2.24, 2.45) is 0 Å². The van der Waals surface area contributed by atoms with Gasteiger partial charge in [0.15, 0.2) is 0 Å². The van der Waals surface area contributed by atoms with Gasteiger partial charge >= 0.3 is 0 Å². The van der Waals surface area contributed by atoms with Crippen LogP contribution in [0.1, 0.15) is 6.92 Å². The second kappa shape index (κ2) is 2.05. The number of ether oxygens (including phenoxy) is 1. The number of thioether (sulfide) groups is 1. The normalized spacial score (nSPS) is 43.0. The Bertz CT molecular complexity index is 148. The Morgan fingerprint density at radius 2 is 2.44 bits per heavy atom. The van der Waals surface area contributed by atoms with Crippen molar-refractivity contribution in [1.29, 1.82) is 0 Å². The van der Waals surface area contributed by atoms with Gasteiger partial charge in [-0.15, -0.1) is 0 Å². The van der Waals surface area contributed by atoms with Crippen LogP contribution in [0.5, 0.6) is 0 Å². The lowest BCUT2D eigenvalue weighted by atomic mass is 10.4. The Morgan fingerprint density at radius 3 is 2.56 bits per heavy atom. The SMILES string of the molecule is CC1(F)SC(=S)OC1F. The first-order chi connectivity index (χ1) is 4.02. The highest BCUT2D eigenvalue weighted by atomic mass is 32.2. The van der Waals surface area contributed by atoms with E-state index < -0.39 is 11.4 Å². The lowest BCUT2D eigenvalue weighted by molar-refractivity contribution is -0.00814. The van der Waals surface area contributed by atoms with Gasteiger partial charge in [0.2, 0.25) is 9.38 Å². The van der Waals surface area contributed by atoms with E-state index in [1.54, 1.807) is 0 Å². The largest absolute Gasteiger partial charge is 0.440 e. The van der Waals surface area contributed by atoms with Gasteiger partial charge in [0, 0.05) is 0 Å². The summed E-state index contributed by atoms with van der Waals surface area (Å²) in [5, 5.41) is -1.99. The molecule has 0 aromatic carbocycles. The third kappa shape index (κ3) is 1.32. The molecule has 0 aromatic rings. The second-order valence-corrected chi connectivity index (χ2v) is 3.77. The summed E-state index contributed by atoms with van der Waals surface area (Å²) in [6.07, 6.45) is -1.91. The molecule has 2 unspecified atom stereocenters. The number of hydrogen-bond donors (Lipinski definition) is 0. The molecule has 0 bridgehead atoms. The van der Waals surface area contributed by atoms with Crippen molar-refractivity contribution in [3.63, 3.8) is 0 Å². The predicted octanol–water partition coefficient (Wildman–Crippen LogP) is 2.02. The summed E-state index contributed by atoms with van der Waals surface area (Å²) in [5.41, 5.74) is 0. The fourth-order valence-corrected chi connectivity index (χ4v) is 1.60. The van der Waals surface area contributed by atoms with Gasteiger partial charge in [-0.05, 0) is 30.9 Å². The van der Waals surface area contributed by atoms with Gasteiger partial charge in [-0.3, -0.25) is 0 Å². The van der Waals surface area contributed by atoms with Gasteiger partial charge in [0.25, 0.3) is 6.36 Å². The Kier molecular flexibility index (Phi) is 1.65. The van der Waals surface area contributed by atoms with E-state index in [1.165, 1.54) is 0 Å². The van der Waals surface area contributed by atoms with Crippen molar-refractivity contribution >= 4 is 28.4 Å². The zero-order chi connectivity index (χ0) is 7.07. The summed E-state index contributed by atoms with van der Waals surface area (Å²) < 4.78 is 29.0. The standard InChI is InChI=1S/C4H4F2OS2/c1-4(6)2(5)7-3(8)9-4/h2H,1H3. The van der Waals surface area contributed by atoms with E-state index in [-0.39, 0.29) is 4.38 Å². The first-order valence-electron chi connectivity index (χ1n) is 2.25. The molecule has 5 heteroatoms. The third-order valence-electron chi connectivity index (χ3n) is 0.888. The molecule has 0 spiro atoms. The molecule has 0 saturated carbocycles. The van der Waals surface area contributed by atoms with Crippen molar-refractivity contribution in [1.82, 2.24) is 0 Å². The summed E-state index contributed by atoms with van der Waals surface area (Å²) in [7, 11) is 0. The summed E-state index contributed by atoms with van der Waals surface area (Å²) in [4.78, 5) is 0. The quantitative estimate of drug-likeness (QED) is 0.515. The van der Waals surface area contributed by atoms with Crippen LogP contribution < -0.4 is 0 Å². The molecular formula is C4H4F2OS2. The molecule has 1 fully saturated rings. The van der Waals surface area contributed by atoms with Gasteiger partial charge in [0.1, 0.15) is 0 Å². The Balaban J connectivity index is 2.69. The van der Waals surface area contributed by atoms with Crippen LogP contribution in [0.4, 0.5) is 8.78 Å². The molecule has 1 rings (SSSR count). The molecule has 9 heavy (non-hydrogen) atoms. The van der Waals surface area contributed by atoms with Crippen LogP contribution in [0.2, 0.25) is 0 Å². The number of thiocarbonyl (C=S) groups is 1. The maximum absolute atomic E-state index is 12.6. The summed E-state index contributed by atoms with van der Waals surface area (Å²) in [6, 6.07) is 0. The molecule has 2 atom stereocenters. The van der Waals surface area contributed by atoms with Gasteiger partial charge in [-0.1, -0.05) is 0 Å². The minimum atomic E-state index is -1.99. The highest BCUT2D eigenvalue weighted by Gasteiger charge is 2.45. The molecule has 1 nitrogen and oxygen atoms in total. The first kappa shape index (κ1) is 7.21. The Labute approximate surface area is 60.8 Å². The molecule has 1 aliphatic rings. The average Bonchev–Trinajstić information content (AvgIpc) is 1.79. The van der Waals surface area contributed by atoms with Crippen molar-refractivity contribution in [2.45, 2.75) is 18.3 Å². The van der Waals surface area contributed by atoms with E-state index in [0.29, 0.717) is 11.8 Å². The molecule has 0 aromatic heterocycles. The average molecular weight is 170 g/mol. The molecular weight excluding hydrogens is 166 g/mol. The van der Waals surface area contributed by atoms with Gasteiger partial charge in [0.05, 0.1) is 0 Å². The lowest BCUT2D eigenvalue weighted by Gasteiger charge is -2.09. The van der Waals surface area contributed by atoms with E-state index in [1.807, 2.05) is 0 Å². The van der Waals surface area contributed by atoms with Gasteiger partial charge in [-0.2, -0.15) is 4.39 Å². The van der Waals surface area contributed by atoms with E-state index in [2.05, 4.69) is 17.0 Å². The van der Waals surface area contributed by atoms with Crippen LogP contribution in [0.25, 0.3) is 0 Å². The zero-order valence-corrected chi connectivity index (χ0v) is 6.19. The maximum atomic E-state index is 12.6. The first-order valence-corrected chi connectivity index (χ1v) is 3.47. The summed E-state index contributed by atoms with van der Waals surface area (Å²) in [6.45, 7) is 1.10. The predicted molar refractivity (Wildman–Crippen MR) is 35.7 cm³/mol. The third-order valence-corrected chi connectivity index (χ3v) is 2.08. The molecule has 1 heterocycles. The Morgan fingerprint density at radius 1 is 1.89 bits per heavy atom. The molecule has 52 valence electrons. The number of halogens is 2. The van der Waals surface area contributed by atoms with Crippen LogP contribution in [-0.4, -0.2) is 15.7 Å². The summed E-state index contributed by atoms with van der Waals surface area (Å²) in [5.74, 6) is 0. The number of alkyl halides is 2. The van der Waals surface area contributed by atoms with Crippen LogP contribution in [0.3, 0.4) is 0 Å². The summed E-state index contributed by atoms with van der Waals surface area (Å²) >= 11 is 5.00. The van der Waals surface area contributed by atoms with E-state index in [4.69, 9.17) is 0 Å². The minimum absolute atomic E-state index is 0.0625. The van der Waals surface area contributed by atoms with Crippen molar-refractivity contribution in [2.75, 3.05) is 0 Å². The fourth-order valence-electron chi connectivity index (χ4n) is 0.423. The zero-order valence-electron chi connectivity index (χ0n) is 4.56. The van der Waals surface area contributed by atoms with Crippen molar-refractivity contribution < 1.29 is 13.5 Å². The highest BCUT2D eigenvalue weighted by molar-refractivity contribution is 8.23. The van der Waals surface area contributed by atoms with Crippen LogP contribution in [0.15, 0.2) is 0 Å². The molecule has 0 aliphatic carbocycles. The second-order valence-electron chi connectivity index (χ2n) is 1.77. The maximum Gasteiger partial charge on any atom is 0.283 e. The molecule has 0 N–H and O–H groups in total.